The Morgan fingerprint density at radius 3 is 2.65 bits per heavy atom. The molecule has 0 fully saturated rings. The van der Waals surface area contributed by atoms with E-state index in [9.17, 15) is 9.59 Å². The maximum Gasteiger partial charge on any atom is 0.318 e. The first kappa shape index (κ1) is 13.3. The molecule has 0 saturated carbocycles. The van der Waals surface area contributed by atoms with Crippen molar-refractivity contribution in [3.63, 3.8) is 0 Å². The average Bonchev–Trinajstić information content (AvgIpc) is 2.21. The number of carbonyl (C=O) groups is 2. The van der Waals surface area contributed by atoms with Crippen molar-refractivity contribution in [2.75, 3.05) is 0 Å². The molecule has 0 aromatic heterocycles. The second kappa shape index (κ2) is 5.54. The summed E-state index contributed by atoms with van der Waals surface area (Å²) >= 11 is 5.79. The third kappa shape index (κ3) is 3.96. The zero-order valence-electron chi connectivity index (χ0n) is 9.49. The normalized spacial score (nSPS) is 11.7. The first-order chi connectivity index (χ1) is 7.90. The van der Waals surface area contributed by atoms with Gasteiger partial charge in [-0.2, -0.15) is 0 Å². The molecule has 3 N–H and O–H groups in total. The Balaban J connectivity index is 2.70. The summed E-state index contributed by atoms with van der Waals surface area (Å²) in [4.78, 5) is 21.9. The van der Waals surface area contributed by atoms with E-state index in [1.54, 1.807) is 25.1 Å². The van der Waals surface area contributed by atoms with Gasteiger partial charge in [0.2, 0.25) is 0 Å². The number of imide groups is 1. The van der Waals surface area contributed by atoms with Crippen LogP contribution in [0.4, 0.5) is 4.79 Å². The van der Waals surface area contributed by atoms with E-state index in [4.69, 9.17) is 22.1 Å². The third-order valence-electron chi connectivity index (χ3n) is 2.06. The minimum atomic E-state index is -0.904. The molecule has 5 nitrogen and oxygen atoms in total. The molecule has 0 radical (unpaired) electrons. The van der Waals surface area contributed by atoms with E-state index in [1.807, 2.05) is 5.32 Å². The number of primary amides is 1. The molecule has 1 atom stereocenters. The van der Waals surface area contributed by atoms with Gasteiger partial charge < -0.3 is 10.5 Å². The molecular formula is C11H13ClN2O3. The zero-order chi connectivity index (χ0) is 13.0. The van der Waals surface area contributed by atoms with Gasteiger partial charge in [-0.15, -0.1) is 0 Å². The number of hydrogen-bond acceptors (Lipinski definition) is 3. The number of carbonyl (C=O) groups excluding carboxylic acids is 2. The number of halogens is 1. The molecule has 1 aromatic carbocycles. The van der Waals surface area contributed by atoms with Crippen LogP contribution in [-0.4, -0.2) is 18.0 Å². The van der Waals surface area contributed by atoms with Crippen LogP contribution in [0.25, 0.3) is 0 Å². The lowest BCUT2D eigenvalue weighted by molar-refractivity contribution is -0.126. The Kier molecular flexibility index (Phi) is 4.34. The van der Waals surface area contributed by atoms with Crippen LogP contribution < -0.4 is 15.8 Å². The summed E-state index contributed by atoms with van der Waals surface area (Å²) in [6, 6.07) is 4.13. The van der Waals surface area contributed by atoms with Gasteiger partial charge in [0, 0.05) is 5.02 Å². The van der Waals surface area contributed by atoms with Gasteiger partial charge in [-0.05, 0) is 37.6 Å². The molecule has 3 amide bonds. The third-order valence-corrected chi connectivity index (χ3v) is 2.29. The lowest BCUT2D eigenvalue weighted by Crippen LogP contribution is -2.42. The van der Waals surface area contributed by atoms with Gasteiger partial charge in [0.05, 0.1) is 0 Å². The second-order valence-corrected chi connectivity index (χ2v) is 3.96. The summed E-state index contributed by atoms with van der Waals surface area (Å²) in [5.74, 6) is -0.0617. The summed E-state index contributed by atoms with van der Waals surface area (Å²) in [7, 11) is 0. The molecule has 0 aliphatic rings. The Labute approximate surface area is 104 Å². The van der Waals surface area contributed by atoms with Crippen LogP contribution in [0.3, 0.4) is 0 Å². The van der Waals surface area contributed by atoms with Gasteiger partial charge in [-0.3, -0.25) is 10.1 Å². The molecule has 6 heteroatoms. The number of nitrogens with one attached hydrogen (secondary N) is 1. The van der Waals surface area contributed by atoms with Crippen molar-refractivity contribution in [3.05, 3.63) is 28.8 Å². The van der Waals surface area contributed by atoms with E-state index in [-0.39, 0.29) is 0 Å². The SMILES string of the molecule is Cc1cc(Cl)ccc1O[C@H](C)C(=O)NC(N)=O. The number of ether oxygens (including phenoxy) is 1. The molecule has 0 bridgehead atoms. The van der Waals surface area contributed by atoms with Crippen molar-refractivity contribution in [2.45, 2.75) is 20.0 Å². The van der Waals surface area contributed by atoms with Crippen LogP contribution in [0, 0.1) is 6.92 Å². The number of nitrogens with two attached hydrogens (primary N) is 1. The summed E-state index contributed by atoms with van der Waals surface area (Å²) in [6.45, 7) is 3.33. The van der Waals surface area contributed by atoms with E-state index in [1.165, 1.54) is 6.92 Å². The smallest absolute Gasteiger partial charge is 0.318 e. The Morgan fingerprint density at radius 2 is 2.12 bits per heavy atom. The molecule has 17 heavy (non-hydrogen) atoms. The molecule has 1 rings (SSSR count). The summed E-state index contributed by atoms with van der Waals surface area (Å²) in [6.07, 6.45) is -0.817. The predicted molar refractivity (Wildman–Crippen MR) is 64.0 cm³/mol. The quantitative estimate of drug-likeness (QED) is 0.862. The van der Waals surface area contributed by atoms with E-state index in [2.05, 4.69) is 0 Å². The highest BCUT2D eigenvalue weighted by atomic mass is 35.5. The van der Waals surface area contributed by atoms with Crippen LogP contribution in [0.15, 0.2) is 18.2 Å². The van der Waals surface area contributed by atoms with E-state index in [0.29, 0.717) is 10.8 Å². The fraction of sp³-hybridized carbons (Fsp3) is 0.273. The van der Waals surface area contributed by atoms with Crippen LogP contribution in [0.5, 0.6) is 5.75 Å². The van der Waals surface area contributed by atoms with E-state index < -0.39 is 18.0 Å². The Hall–Kier alpha value is -1.75. The van der Waals surface area contributed by atoms with Crippen molar-refractivity contribution >= 4 is 23.5 Å². The average molecular weight is 257 g/mol. The van der Waals surface area contributed by atoms with Crippen molar-refractivity contribution in [1.29, 1.82) is 0 Å². The number of benzene rings is 1. The molecule has 0 unspecified atom stereocenters. The molecule has 0 spiro atoms. The number of hydrogen-bond donors (Lipinski definition) is 2. The zero-order valence-corrected chi connectivity index (χ0v) is 10.2. The van der Waals surface area contributed by atoms with Gasteiger partial charge in [0.1, 0.15) is 5.75 Å². The second-order valence-electron chi connectivity index (χ2n) is 3.52. The molecule has 92 valence electrons. The highest BCUT2D eigenvalue weighted by molar-refractivity contribution is 6.30. The fourth-order valence-electron chi connectivity index (χ4n) is 1.21. The number of amides is 3. The summed E-state index contributed by atoms with van der Waals surface area (Å²) < 4.78 is 5.38. The van der Waals surface area contributed by atoms with Crippen LogP contribution in [0.1, 0.15) is 12.5 Å². The number of rotatable bonds is 3. The molecule has 0 aliphatic carbocycles. The van der Waals surface area contributed by atoms with Crippen molar-refractivity contribution in [2.24, 2.45) is 5.73 Å². The maximum atomic E-state index is 11.4. The highest BCUT2D eigenvalue weighted by Gasteiger charge is 2.16. The van der Waals surface area contributed by atoms with Crippen LogP contribution in [-0.2, 0) is 4.79 Å². The van der Waals surface area contributed by atoms with Gasteiger partial charge in [-0.25, -0.2) is 4.79 Å². The first-order valence-corrected chi connectivity index (χ1v) is 5.31. The number of aryl methyl sites for hydroxylation is 1. The van der Waals surface area contributed by atoms with Crippen LogP contribution in [0.2, 0.25) is 5.02 Å². The number of urea groups is 1. The highest BCUT2D eigenvalue weighted by Crippen LogP contribution is 2.22. The van der Waals surface area contributed by atoms with Gasteiger partial charge in [0.15, 0.2) is 6.10 Å². The fourth-order valence-corrected chi connectivity index (χ4v) is 1.44. The standard InChI is InChI=1S/C11H13ClN2O3/c1-6-5-8(12)3-4-9(6)17-7(2)10(15)14-11(13)16/h3-5,7H,1-2H3,(H3,13,14,15,16)/t7-/m1/s1. The topological polar surface area (TPSA) is 81.4 Å². The monoisotopic (exact) mass is 256 g/mol. The van der Waals surface area contributed by atoms with Crippen molar-refractivity contribution < 1.29 is 14.3 Å². The molecule has 0 heterocycles. The van der Waals surface area contributed by atoms with Gasteiger partial charge >= 0.3 is 6.03 Å². The van der Waals surface area contributed by atoms with Gasteiger partial charge in [0.25, 0.3) is 5.91 Å². The molecule has 0 aliphatic heterocycles. The molecule has 0 saturated heterocycles. The molecular weight excluding hydrogens is 244 g/mol. The van der Waals surface area contributed by atoms with E-state index in [0.717, 1.165) is 5.56 Å². The Morgan fingerprint density at radius 1 is 1.47 bits per heavy atom. The van der Waals surface area contributed by atoms with Crippen molar-refractivity contribution in [1.82, 2.24) is 5.32 Å². The largest absolute Gasteiger partial charge is 0.481 e. The van der Waals surface area contributed by atoms with Crippen molar-refractivity contribution in [3.8, 4) is 5.75 Å². The maximum absolute atomic E-state index is 11.4. The lowest BCUT2D eigenvalue weighted by Gasteiger charge is -2.15. The molecule has 1 aromatic rings. The summed E-state index contributed by atoms with van der Waals surface area (Å²) in [5, 5.41) is 2.53. The van der Waals surface area contributed by atoms with Crippen LogP contribution >= 0.6 is 11.6 Å². The van der Waals surface area contributed by atoms with E-state index >= 15 is 0 Å². The Bertz CT molecular complexity index is 448. The minimum absolute atomic E-state index is 0.529. The first-order valence-electron chi connectivity index (χ1n) is 4.93. The lowest BCUT2D eigenvalue weighted by atomic mass is 10.2. The summed E-state index contributed by atoms with van der Waals surface area (Å²) in [5.41, 5.74) is 5.63. The predicted octanol–water partition coefficient (Wildman–Crippen LogP) is 1.61. The van der Waals surface area contributed by atoms with Gasteiger partial charge in [-0.1, -0.05) is 11.6 Å². The minimum Gasteiger partial charge on any atom is -0.481 e.